The molecule has 3 N–H and O–H groups in total. The summed E-state index contributed by atoms with van der Waals surface area (Å²) in [6.07, 6.45) is -2.04. The number of halogens is 1. The number of hydrogen-bond donors (Lipinski definition) is 2. The number of thioether (sulfide) groups is 1. The quantitative estimate of drug-likeness (QED) is 0.435. The number of rotatable bonds is 6. The molecule has 0 bridgehead atoms. The molecule has 0 aliphatic carbocycles. The second-order valence-electron chi connectivity index (χ2n) is 8.49. The Balaban J connectivity index is 0.00000306. The molecule has 12 heteroatoms. The number of nitrogens with two attached hydrogens (primary N) is 1. The fraction of sp³-hybridized carbons (Fsp3) is 0.524. The van der Waals surface area contributed by atoms with Crippen LogP contribution in [0.5, 0.6) is 0 Å². The lowest BCUT2D eigenvalue weighted by Gasteiger charge is -2.44. The Morgan fingerprint density at radius 2 is 1.91 bits per heavy atom. The number of amides is 2. The van der Waals surface area contributed by atoms with Gasteiger partial charge in [0.15, 0.2) is 6.10 Å². The second-order valence-corrected chi connectivity index (χ2v) is 10.3. The number of nitrogens with zero attached hydrogens (tertiary/aromatic N) is 1. The highest BCUT2D eigenvalue weighted by molar-refractivity contribution is 8.01. The van der Waals surface area contributed by atoms with Gasteiger partial charge in [0.1, 0.15) is 36.2 Å². The monoisotopic (exact) mass is 499 g/mol. The van der Waals surface area contributed by atoms with E-state index >= 15 is 0 Å². The van der Waals surface area contributed by atoms with E-state index in [2.05, 4.69) is 5.32 Å². The lowest BCUT2D eigenvalue weighted by atomic mass is 9.95. The topological polar surface area (TPSA) is 137 Å². The third-order valence-electron chi connectivity index (χ3n) is 5.85. The number of β-lactam (4-membered cyclic amide) rings is 1. The van der Waals surface area contributed by atoms with E-state index in [4.69, 9.17) is 19.9 Å². The number of nitrogens with one attached hydrogen (secondary N) is 1. The van der Waals surface area contributed by atoms with Crippen LogP contribution in [0.2, 0.25) is 0 Å². The maximum absolute atomic E-state index is 12.9. The van der Waals surface area contributed by atoms with Gasteiger partial charge >= 0.3 is 12.1 Å². The van der Waals surface area contributed by atoms with E-state index in [0.717, 1.165) is 0 Å². The Labute approximate surface area is 201 Å². The van der Waals surface area contributed by atoms with Gasteiger partial charge in [-0.1, -0.05) is 30.3 Å². The highest BCUT2D eigenvalue weighted by atomic mass is 35.5. The van der Waals surface area contributed by atoms with Gasteiger partial charge < -0.3 is 30.2 Å². The summed E-state index contributed by atoms with van der Waals surface area (Å²) in [6.45, 7) is 5.15. The molecule has 3 heterocycles. The van der Waals surface area contributed by atoms with E-state index in [9.17, 15) is 19.2 Å². The van der Waals surface area contributed by atoms with Crippen LogP contribution in [-0.4, -0.2) is 69.9 Å². The largest absolute Gasteiger partial charge is 0.509 e. The molecular weight excluding hydrogens is 474 g/mol. The van der Waals surface area contributed by atoms with Crippen molar-refractivity contribution in [2.45, 2.75) is 61.2 Å². The Hall–Kier alpha value is -2.50. The summed E-state index contributed by atoms with van der Waals surface area (Å²) in [4.78, 5) is 50.9. The molecule has 3 fully saturated rings. The minimum atomic E-state index is -0.906. The van der Waals surface area contributed by atoms with E-state index in [1.165, 1.54) is 16.7 Å². The van der Waals surface area contributed by atoms with Crippen molar-refractivity contribution in [1.82, 2.24) is 10.2 Å². The molecule has 0 spiro atoms. The summed E-state index contributed by atoms with van der Waals surface area (Å²) in [7, 11) is 0. The Morgan fingerprint density at radius 3 is 2.52 bits per heavy atom. The van der Waals surface area contributed by atoms with E-state index in [1.807, 2.05) is 19.9 Å². The van der Waals surface area contributed by atoms with Crippen LogP contribution in [0.25, 0.3) is 0 Å². The number of carbonyl (C=O) groups excluding carboxylic acids is 4. The maximum atomic E-state index is 12.9. The summed E-state index contributed by atoms with van der Waals surface area (Å²) in [5, 5.41) is 2.31. The van der Waals surface area contributed by atoms with Crippen molar-refractivity contribution in [3.8, 4) is 0 Å². The smallest absolute Gasteiger partial charge is 0.460 e. The SMILES string of the molecule is CC1OC(=O)OC1COC(=O)[C@@H]1N2C(=O)[C@@H](NC(=O)[C@H](N)c3ccccc3)[C@H]2SC1(C)C.Cl. The fourth-order valence-corrected chi connectivity index (χ4v) is 5.69. The highest BCUT2D eigenvalue weighted by Gasteiger charge is 2.64. The minimum absolute atomic E-state index is 0. The Kier molecular flexibility index (Phi) is 7.15. The summed E-state index contributed by atoms with van der Waals surface area (Å²) in [6, 6.07) is 6.35. The zero-order valence-electron chi connectivity index (χ0n) is 18.3. The van der Waals surface area contributed by atoms with E-state index in [-0.39, 0.29) is 24.9 Å². The second kappa shape index (κ2) is 9.40. The molecule has 1 aromatic carbocycles. The van der Waals surface area contributed by atoms with Crippen molar-refractivity contribution in [3.05, 3.63) is 35.9 Å². The molecule has 33 heavy (non-hydrogen) atoms. The Morgan fingerprint density at radius 1 is 1.24 bits per heavy atom. The van der Waals surface area contributed by atoms with Crippen molar-refractivity contribution in [2.75, 3.05) is 6.61 Å². The van der Waals surface area contributed by atoms with Gasteiger partial charge in [0.2, 0.25) is 11.8 Å². The molecule has 0 radical (unpaired) electrons. The van der Waals surface area contributed by atoms with Crippen LogP contribution < -0.4 is 11.1 Å². The van der Waals surface area contributed by atoms with Gasteiger partial charge in [-0.2, -0.15) is 0 Å². The van der Waals surface area contributed by atoms with Gasteiger partial charge in [0.25, 0.3) is 0 Å². The number of fused-ring (bicyclic) bond motifs is 1. The first-order valence-corrected chi connectivity index (χ1v) is 11.1. The first-order valence-electron chi connectivity index (χ1n) is 10.2. The zero-order valence-corrected chi connectivity index (χ0v) is 19.9. The van der Waals surface area contributed by atoms with Crippen LogP contribution >= 0.6 is 24.2 Å². The first kappa shape index (κ1) is 25.1. The van der Waals surface area contributed by atoms with Gasteiger partial charge in [0, 0.05) is 4.75 Å². The standard InChI is InChI=1S/C21H25N3O7S.ClH/c1-10-12(31-20(28)30-10)9-29-19(27)15-21(2,3)32-18-14(17(26)24(15)18)23-16(25)13(22)11-7-5-4-6-8-11;/h4-8,10,12-15,18H,9,22H2,1-3H3,(H,23,25);1H/t10?,12?,13-,14-,15+,18-;/m1./s1. The number of esters is 1. The number of cyclic esters (lactones) is 2. The molecule has 3 saturated heterocycles. The highest BCUT2D eigenvalue weighted by Crippen LogP contribution is 2.51. The minimum Gasteiger partial charge on any atom is -0.460 e. The van der Waals surface area contributed by atoms with Gasteiger partial charge in [-0.3, -0.25) is 9.59 Å². The number of hydrogen-bond acceptors (Lipinski definition) is 9. The van der Waals surface area contributed by atoms with Crippen molar-refractivity contribution in [1.29, 1.82) is 0 Å². The lowest BCUT2D eigenvalue weighted by Crippen LogP contribution is -2.71. The number of ether oxygens (including phenoxy) is 3. The van der Waals surface area contributed by atoms with Crippen LogP contribution in [0.3, 0.4) is 0 Å². The molecule has 6 atom stereocenters. The molecule has 10 nitrogen and oxygen atoms in total. The third kappa shape index (κ3) is 4.62. The van der Waals surface area contributed by atoms with Crippen molar-refractivity contribution in [3.63, 3.8) is 0 Å². The molecule has 2 amide bonds. The summed E-state index contributed by atoms with van der Waals surface area (Å²) < 4.78 is 14.5. The third-order valence-corrected chi connectivity index (χ3v) is 7.42. The van der Waals surface area contributed by atoms with Crippen molar-refractivity contribution >= 4 is 48.1 Å². The summed E-state index contributed by atoms with van der Waals surface area (Å²) in [5.74, 6) is -1.43. The van der Waals surface area contributed by atoms with Crippen molar-refractivity contribution < 1.29 is 33.4 Å². The molecule has 0 aromatic heterocycles. The molecule has 180 valence electrons. The number of carbonyl (C=O) groups is 4. The molecule has 3 aliphatic rings. The normalized spacial score (nSPS) is 30.2. The average Bonchev–Trinajstić information content (AvgIpc) is 3.22. The van der Waals surface area contributed by atoms with Crippen LogP contribution in [0.15, 0.2) is 30.3 Å². The van der Waals surface area contributed by atoms with Crippen LogP contribution in [-0.2, 0) is 28.6 Å². The van der Waals surface area contributed by atoms with Crippen LogP contribution in [0, 0.1) is 0 Å². The summed E-state index contributed by atoms with van der Waals surface area (Å²) >= 11 is 1.41. The molecule has 2 unspecified atom stereocenters. The Bertz CT molecular complexity index is 947. The first-order chi connectivity index (χ1) is 15.1. The maximum Gasteiger partial charge on any atom is 0.509 e. The molecular formula is C21H26ClN3O7S. The van der Waals surface area contributed by atoms with E-state index in [1.54, 1.807) is 31.2 Å². The average molecular weight is 500 g/mol. The van der Waals surface area contributed by atoms with Gasteiger partial charge in [-0.05, 0) is 26.3 Å². The van der Waals surface area contributed by atoms with Gasteiger partial charge in [-0.15, -0.1) is 24.2 Å². The predicted molar refractivity (Wildman–Crippen MR) is 120 cm³/mol. The fourth-order valence-electron chi connectivity index (χ4n) is 4.07. The number of benzene rings is 1. The van der Waals surface area contributed by atoms with E-state index < -0.39 is 58.5 Å². The molecule has 4 rings (SSSR count). The molecule has 3 aliphatic heterocycles. The van der Waals surface area contributed by atoms with Gasteiger partial charge in [-0.25, -0.2) is 9.59 Å². The van der Waals surface area contributed by atoms with Gasteiger partial charge in [0.05, 0.1) is 0 Å². The van der Waals surface area contributed by atoms with Crippen molar-refractivity contribution in [2.24, 2.45) is 5.73 Å². The van der Waals surface area contributed by atoms with Crippen LogP contribution in [0.1, 0.15) is 32.4 Å². The molecule has 1 aromatic rings. The summed E-state index contributed by atoms with van der Waals surface area (Å²) in [5.41, 5.74) is 6.67. The van der Waals surface area contributed by atoms with Crippen LogP contribution in [0.4, 0.5) is 4.79 Å². The molecule has 0 saturated carbocycles. The zero-order chi connectivity index (χ0) is 23.2. The van der Waals surface area contributed by atoms with E-state index in [0.29, 0.717) is 5.56 Å². The predicted octanol–water partition coefficient (Wildman–Crippen LogP) is 1.12. The lowest BCUT2D eigenvalue weighted by molar-refractivity contribution is -0.166.